The molecule has 1 aliphatic heterocycles. The number of para-hydroxylation sites is 1. The molecule has 4 heterocycles. The number of nitrogens with zero attached hydrogens (tertiary/aromatic N) is 4. The third-order valence-corrected chi connectivity index (χ3v) is 6.90. The first kappa shape index (κ1) is 20.4. The highest BCUT2D eigenvalue weighted by atomic mass is 79.9. The number of rotatable bonds is 4. The van der Waals surface area contributed by atoms with Gasteiger partial charge in [0.2, 0.25) is 0 Å². The Morgan fingerprint density at radius 2 is 1.91 bits per heavy atom. The lowest BCUT2D eigenvalue weighted by Crippen LogP contribution is -2.28. The molecule has 0 fully saturated rings. The van der Waals surface area contributed by atoms with E-state index in [0.717, 1.165) is 34.5 Å². The van der Waals surface area contributed by atoms with E-state index in [1.165, 1.54) is 38.3 Å². The lowest BCUT2D eigenvalue weighted by Gasteiger charge is -2.15. The van der Waals surface area contributed by atoms with Gasteiger partial charge in [0, 0.05) is 51.7 Å². The van der Waals surface area contributed by atoms with Crippen molar-refractivity contribution in [2.45, 2.75) is 26.9 Å². The molecule has 1 N–H and O–H groups in total. The van der Waals surface area contributed by atoms with Gasteiger partial charge in [0.15, 0.2) is 0 Å². The Kier molecular flexibility index (Phi) is 4.93. The van der Waals surface area contributed by atoms with E-state index in [9.17, 15) is 0 Å². The predicted molar refractivity (Wildman–Crippen MR) is 139 cm³/mol. The van der Waals surface area contributed by atoms with Crippen LogP contribution in [0.15, 0.2) is 71.5 Å². The lowest BCUT2D eigenvalue weighted by molar-refractivity contribution is 0.295. The van der Waals surface area contributed by atoms with Gasteiger partial charge in [-0.25, -0.2) is 5.43 Å². The summed E-state index contributed by atoms with van der Waals surface area (Å²) in [5.41, 5.74) is 11.7. The molecule has 0 saturated heterocycles. The molecule has 3 aromatic heterocycles. The monoisotopic (exact) mass is 497 g/mol. The number of fused-ring (bicyclic) bond motifs is 4. The van der Waals surface area contributed by atoms with Crippen LogP contribution in [0.2, 0.25) is 0 Å². The van der Waals surface area contributed by atoms with Crippen LogP contribution in [-0.2, 0) is 13.1 Å². The van der Waals surface area contributed by atoms with Crippen LogP contribution < -0.4 is 5.43 Å². The van der Waals surface area contributed by atoms with Gasteiger partial charge in [0.25, 0.3) is 0 Å². The van der Waals surface area contributed by atoms with E-state index in [1.807, 2.05) is 18.3 Å². The second kappa shape index (κ2) is 7.97. The number of hydrogen-bond acceptors (Lipinski definition) is 4. The molecular formula is C27H24BrN5. The van der Waals surface area contributed by atoms with E-state index < -0.39 is 0 Å². The predicted octanol–water partition coefficient (Wildman–Crippen LogP) is 6.19. The molecule has 0 bridgehead atoms. The molecule has 0 atom stereocenters. The molecular weight excluding hydrogens is 474 g/mol. The summed E-state index contributed by atoms with van der Waals surface area (Å²) in [6.07, 6.45) is 4.13. The van der Waals surface area contributed by atoms with Crippen LogP contribution in [0.3, 0.4) is 0 Å². The average Bonchev–Trinajstić information content (AvgIpc) is 3.41. The number of benzene rings is 2. The number of nitrogens with one attached hydrogen (secondary N) is 1. The molecule has 0 spiro atoms. The molecule has 6 rings (SSSR count). The fourth-order valence-electron chi connectivity index (χ4n) is 4.99. The number of aryl methyl sites for hydroxylation is 2. The second-order valence-corrected chi connectivity index (χ2v) is 9.41. The molecule has 0 amide bonds. The molecule has 0 saturated carbocycles. The van der Waals surface area contributed by atoms with Crippen molar-refractivity contribution in [2.24, 2.45) is 0 Å². The maximum atomic E-state index is 4.84. The maximum absolute atomic E-state index is 4.84. The highest BCUT2D eigenvalue weighted by molar-refractivity contribution is 9.10. The topological polar surface area (TPSA) is 46.0 Å². The van der Waals surface area contributed by atoms with Crippen LogP contribution in [0.1, 0.15) is 23.9 Å². The van der Waals surface area contributed by atoms with Crippen molar-refractivity contribution in [1.29, 1.82) is 0 Å². The van der Waals surface area contributed by atoms with E-state index in [2.05, 4.69) is 98.4 Å². The number of pyridine rings is 2. The minimum absolute atomic E-state index is 0.714. The van der Waals surface area contributed by atoms with Gasteiger partial charge in [0.1, 0.15) is 0 Å². The minimum atomic E-state index is 0.714. The minimum Gasteiger partial charge on any atom is -0.339 e. The van der Waals surface area contributed by atoms with Crippen molar-refractivity contribution in [1.82, 2.24) is 25.0 Å². The zero-order chi connectivity index (χ0) is 22.5. The first-order valence-electron chi connectivity index (χ1n) is 11.3. The SMILES string of the molecule is CCn1c2c(C3=CN(Cc4ccc5ccccc5n4)NC3)cc(Br)cc2c2ccnc(C)c21. The fourth-order valence-corrected chi connectivity index (χ4v) is 5.45. The summed E-state index contributed by atoms with van der Waals surface area (Å²) in [4.78, 5) is 9.40. The lowest BCUT2D eigenvalue weighted by atomic mass is 10.0. The van der Waals surface area contributed by atoms with E-state index in [-0.39, 0.29) is 0 Å². The van der Waals surface area contributed by atoms with Gasteiger partial charge in [-0.15, -0.1) is 0 Å². The highest BCUT2D eigenvalue weighted by Gasteiger charge is 2.21. The van der Waals surface area contributed by atoms with E-state index >= 15 is 0 Å². The molecule has 5 aromatic rings. The Labute approximate surface area is 200 Å². The first-order valence-corrected chi connectivity index (χ1v) is 12.0. The van der Waals surface area contributed by atoms with Gasteiger partial charge >= 0.3 is 0 Å². The fraction of sp³-hybridized carbons (Fsp3) is 0.185. The largest absolute Gasteiger partial charge is 0.339 e. The summed E-state index contributed by atoms with van der Waals surface area (Å²) < 4.78 is 3.49. The molecule has 1 aliphatic rings. The molecule has 6 heteroatoms. The zero-order valence-electron chi connectivity index (χ0n) is 18.6. The number of aromatic nitrogens is 3. The Bertz CT molecular complexity index is 1570. The third-order valence-electron chi connectivity index (χ3n) is 6.45. The molecule has 0 aliphatic carbocycles. The van der Waals surface area contributed by atoms with Crippen LogP contribution in [0.5, 0.6) is 0 Å². The van der Waals surface area contributed by atoms with Crippen molar-refractivity contribution < 1.29 is 0 Å². The van der Waals surface area contributed by atoms with Crippen LogP contribution in [0, 0.1) is 6.92 Å². The molecule has 5 nitrogen and oxygen atoms in total. The Morgan fingerprint density at radius 3 is 2.79 bits per heavy atom. The van der Waals surface area contributed by atoms with Crippen molar-refractivity contribution in [2.75, 3.05) is 6.54 Å². The van der Waals surface area contributed by atoms with Crippen molar-refractivity contribution >= 4 is 54.2 Å². The standard InChI is InChI=1S/C27H24BrN5/c1-3-33-26-17(2)29-11-10-22(26)24-13-20(28)12-23(27(24)33)19-14-30-32(15-19)16-21-9-8-18-6-4-5-7-25(18)31-21/h4-13,15,30H,3,14,16H2,1-2H3. The molecule has 33 heavy (non-hydrogen) atoms. The van der Waals surface area contributed by atoms with Crippen LogP contribution in [0.4, 0.5) is 0 Å². The van der Waals surface area contributed by atoms with Gasteiger partial charge in [-0.2, -0.15) is 0 Å². The zero-order valence-corrected chi connectivity index (χ0v) is 20.2. The number of hydrogen-bond donors (Lipinski definition) is 1. The van der Waals surface area contributed by atoms with Gasteiger partial charge < -0.3 is 9.58 Å². The summed E-state index contributed by atoms with van der Waals surface area (Å²) in [5.74, 6) is 0. The second-order valence-electron chi connectivity index (χ2n) is 8.50. The molecule has 0 unspecified atom stereocenters. The van der Waals surface area contributed by atoms with Gasteiger partial charge in [-0.05, 0) is 49.8 Å². The number of halogens is 1. The highest BCUT2D eigenvalue weighted by Crippen LogP contribution is 2.38. The van der Waals surface area contributed by atoms with E-state index in [0.29, 0.717) is 6.54 Å². The first-order chi connectivity index (χ1) is 16.1. The Morgan fingerprint density at radius 1 is 1.03 bits per heavy atom. The quantitative estimate of drug-likeness (QED) is 0.321. The van der Waals surface area contributed by atoms with Gasteiger partial charge in [-0.3, -0.25) is 9.97 Å². The Hall–Kier alpha value is -3.22. The third kappa shape index (κ3) is 3.41. The summed E-state index contributed by atoms with van der Waals surface area (Å²) in [6.45, 7) is 6.69. The Balaban J connectivity index is 1.43. The molecule has 2 aromatic carbocycles. The number of hydrazine groups is 1. The average molecular weight is 498 g/mol. The van der Waals surface area contributed by atoms with Crippen molar-refractivity contribution in [3.63, 3.8) is 0 Å². The summed E-state index contributed by atoms with van der Waals surface area (Å²) in [7, 11) is 0. The molecule has 164 valence electrons. The summed E-state index contributed by atoms with van der Waals surface area (Å²) in [6, 6.07) is 19.1. The summed E-state index contributed by atoms with van der Waals surface area (Å²) in [5, 5.41) is 5.83. The van der Waals surface area contributed by atoms with Crippen LogP contribution in [-0.4, -0.2) is 26.1 Å². The van der Waals surface area contributed by atoms with Crippen LogP contribution in [0.25, 0.3) is 38.3 Å². The van der Waals surface area contributed by atoms with Crippen molar-refractivity contribution in [3.05, 3.63) is 88.4 Å². The van der Waals surface area contributed by atoms with Gasteiger partial charge in [-0.1, -0.05) is 40.2 Å². The van der Waals surface area contributed by atoms with Crippen molar-refractivity contribution in [3.8, 4) is 0 Å². The normalized spacial score (nSPS) is 14.0. The molecule has 0 radical (unpaired) electrons. The smallest absolute Gasteiger partial charge is 0.0760 e. The van der Waals surface area contributed by atoms with Gasteiger partial charge in [0.05, 0.1) is 34.5 Å². The summed E-state index contributed by atoms with van der Waals surface area (Å²) >= 11 is 3.76. The maximum Gasteiger partial charge on any atom is 0.0760 e. The van der Waals surface area contributed by atoms with E-state index in [1.54, 1.807) is 0 Å². The van der Waals surface area contributed by atoms with E-state index in [4.69, 9.17) is 4.98 Å². The van der Waals surface area contributed by atoms with Crippen LogP contribution >= 0.6 is 15.9 Å².